The highest BCUT2D eigenvalue weighted by molar-refractivity contribution is 6.04. The topological polar surface area (TPSA) is 50.2 Å². The molecule has 24 heavy (non-hydrogen) atoms. The Morgan fingerprint density at radius 3 is 2.42 bits per heavy atom. The molecule has 2 aromatic rings. The van der Waals surface area contributed by atoms with Crippen LogP contribution in [0.25, 0.3) is 0 Å². The van der Waals surface area contributed by atoms with Crippen LogP contribution in [0.4, 0.5) is 11.5 Å². The number of amides is 1. The molecular weight excluding hydrogens is 300 g/mol. The highest BCUT2D eigenvalue weighted by Crippen LogP contribution is 2.22. The van der Waals surface area contributed by atoms with Crippen LogP contribution in [0, 0.1) is 6.92 Å². The van der Waals surface area contributed by atoms with E-state index in [1.165, 1.54) is 24.9 Å². The van der Waals surface area contributed by atoms with Crippen molar-refractivity contribution >= 4 is 17.4 Å². The Morgan fingerprint density at radius 1 is 1.17 bits per heavy atom. The molecule has 1 saturated heterocycles. The second kappa shape index (κ2) is 7.07. The van der Waals surface area contributed by atoms with Crippen LogP contribution < -0.4 is 10.2 Å². The summed E-state index contributed by atoms with van der Waals surface area (Å²) in [4.78, 5) is 14.9. The molecule has 0 radical (unpaired) electrons. The summed E-state index contributed by atoms with van der Waals surface area (Å²) in [6.07, 6.45) is 4.68. The number of nitrogens with zero attached hydrogens (tertiary/aromatic N) is 3. The molecule has 1 aromatic carbocycles. The van der Waals surface area contributed by atoms with Gasteiger partial charge in [0.15, 0.2) is 0 Å². The van der Waals surface area contributed by atoms with Gasteiger partial charge in [0.05, 0.1) is 5.69 Å². The van der Waals surface area contributed by atoms with Crippen LogP contribution in [0.3, 0.4) is 0 Å². The number of carbonyl (C=O) groups excluding carboxylic acids is 1. The van der Waals surface area contributed by atoms with Crippen LogP contribution in [0.5, 0.6) is 0 Å². The summed E-state index contributed by atoms with van der Waals surface area (Å²) >= 11 is 0. The second-order valence-electron chi connectivity index (χ2n) is 6.45. The van der Waals surface area contributed by atoms with Gasteiger partial charge in [-0.3, -0.25) is 9.48 Å². The van der Waals surface area contributed by atoms with Crippen molar-refractivity contribution in [3.8, 4) is 0 Å². The molecule has 5 nitrogen and oxygen atoms in total. The Kier molecular flexibility index (Phi) is 4.88. The molecule has 0 aliphatic carbocycles. The van der Waals surface area contributed by atoms with Gasteiger partial charge in [-0.05, 0) is 56.9 Å². The van der Waals surface area contributed by atoms with Crippen molar-refractivity contribution < 1.29 is 4.79 Å². The van der Waals surface area contributed by atoms with E-state index < -0.39 is 0 Å². The molecule has 128 valence electrons. The first-order chi connectivity index (χ1) is 11.6. The summed E-state index contributed by atoms with van der Waals surface area (Å²) in [6, 6.07) is 7.92. The predicted molar refractivity (Wildman–Crippen MR) is 97.8 cm³/mol. The Labute approximate surface area is 143 Å². The lowest BCUT2D eigenvalue weighted by atomic mass is 10.1. The van der Waals surface area contributed by atoms with E-state index in [1.807, 2.05) is 38.2 Å². The molecule has 1 aliphatic rings. The van der Waals surface area contributed by atoms with Crippen LogP contribution >= 0.6 is 0 Å². The smallest absolute Gasteiger partial charge is 0.256 e. The van der Waals surface area contributed by atoms with Crippen LogP contribution in [0.15, 0.2) is 24.3 Å². The first-order valence-corrected chi connectivity index (χ1v) is 8.79. The van der Waals surface area contributed by atoms with Gasteiger partial charge >= 0.3 is 0 Å². The van der Waals surface area contributed by atoms with E-state index in [0.29, 0.717) is 5.56 Å². The molecule has 0 saturated carbocycles. The number of carbonyl (C=O) groups is 1. The van der Waals surface area contributed by atoms with E-state index in [4.69, 9.17) is 0 Å². The van der Waals surface area contributed by atoms with Crippen LogP contribution in [0.2, 0.25) is 0 Å². The molecule has 1 aliphatic heterocycles. The predicted octanol–water partition coefficient (Wildman–Crippen LogP) is 3.53. The van der Waals surface area contributed by atoms with E-state index in [0.717, 1.165) is 36.6 Å². The lowest BCUT2D eigenvalue weighted by Crippen LogP contribution is -2.29. The van der Waals surface area contributed by atoms with Crippen molar-refractivity contribution in [3.63, 3.8) is 0 Å². The highest BCUT2D eigenvalue weighted by Gasteiger charge is 2.16. The minimum absolute atomic E-state index is 0.0889. The Hall–Kier alpha value is -2.30. The Bertz CT molecular complexity index is 712. The number of anilines is 2. The lowest BCUT2D eigenvalue weighted by Gasteiger charge is -2.28. The third-order valence-corrected chi connectivity index (χ3v) is 4.80. The van der Waals surface area contributed by atoms with E-state index in [2.05, 4.69) is 22.2 Å². The zero-order chi connectivity index (χ0) is 17.1. The van der Waals surface area contributed by atoms with Gasteiger partial charge in [0.1, 0.15) is 5.82 Å². The van der Waals surface area contributed by atoms with Crippen LogP contribution in [0.1, 0.15) is 47.8 Å². The number of piperidine rings is 1. The normalized spacial score (nSPS) is 14.7. The first-order valence-electron chi connectivity index (χ1n) is 8.79. The quantitative estimate of drug-likeness (QED) is 0.935. The summed E-state index contributed by atoms with van der Waals surface area (Å²) in [5.41, 5.74) is 3.94. The molecule has 0 atom stereocenters. The van der Waals surface area contributed by atoms with Crippen molar-refractivity contribution in [2.75, 3.05) is 23.3 Å². The fourth-order valence-electron chi connectivity index (χ4n) is 3.35. The molecule has 3 rings (SSSR count). The van der Waals surface area contributed by atoms with Gasteiger partial charge in [0.25, 0.3) is 5.91 Å². The minimum Gasteiger partial charge on any atom is -0.372 e. The van der Waals surface area contributed by atoms with Gasteiger partial charge in [-0.2, -0.15) is 5.10 Å². The molecular formula is C19H26N4O. The summed E-state index contributed by atoms with van der Waals surface area (Å²) in [5, 5.41) is 7.44. The van der Waals surface area contributed by atoms with Gasteiger partial charge in [-0.15, -0.1) is 0 Å². The molecule has 1 fully saturated rings. The standard InChI is InChI=1S/C19H26N4O/c1-4-17-14(2)18(22(3)21-17)20-19(24)15-8-10-16(11-9-15)23-12-6-5-7-13-23/h8-11H,4-7,12-13H2,1-3H3,(H,20,24). The van der Waals surface area contributed by atoms with Crippen molar-refractivity contribution in [2.24, 2.45) is 7.05 Å². The molecule has 2 heterocycles. The average molecular weight is 326 g/mol. The third kappa shape index (κ3) is 3.30. The monoisotopic (exact) mass is 326 g/mol. The summed E-state index contributed by atoms with van der Waals surface area (Å²) < 4.78 is 1.74. The zero-order valence-corrected chi connectivity index (χ0v) is 14.8. The zero-order valence-electron chi connectivity index (χ0n) is 14.8. The summed E-state index contributed by atoms with van der Waals surface area (Å²) in [6.45, 7) is 6.29. The van der Waals surface area contributed by atoms with Crippen molar-refractivity contribution in [2.45, 2.75) is 39.5 Å². The number of hydrogen-bond acceptors (Lipinski definition) is 3. The Morgan fingerprint density at radius 2 is 1.83 bits per heavy atom. The maximum atomic E-state index is 12.5. The Balaban J connectivity index is 1.72. The van der Waals surface area contributed by atoms with Crippen molar-refractivity contribution in [1.82, 2.24) is 9.78 Å². The van der Waals surface area contributed by atoms with Crippen molar-refractivity contribution in [1.29, 1.82) is 0 Å². The number of hydrogen-bond donors (Lipinski definition) is 1. The molecule has 5 heteroatoms. The largest absolute Gasteiger partial charge is 0.372 e. The molecule has 1 N–H and O–H groups in total. The first kappa shape index (κ1) is 16.6. The average Bonchev–Trinajstić information content (AvgIpc) is 2.90. The molecule has 0 unspecified atom stereocenters. The van der Waals surface area contributed by atoms with E-state index in [9.17, 15) is 4.79 Å². The number of aromatic nitrogens is 2. The fraction of sp³-hybridized carbons (Fsp3) is 0.474. The number of nitrogens with one attached hydrogen (secondary N) is 1. The number of aryl methyl sites for hydroxylation is 2. The number of benzene rings is 1. The molecule has 1 amide bonds. The molecule has 0 bridgehead atoms. The van der Waals surface area contributed by atoms with Gasteiger partial charge in [-0.25, -0.2) is 0 Å². The van der Waals surface area contributed by atoms with Crippen LogP contribution in [-0.2, 0) is 13.5 Å². The van der Waals surface area contributed by atoms with E-state index in [-0.39, 0.29) is 5.91 Å². The maximum Gasteiger partial charge on any atom is 0.256 e. The molecule has 0 spiro atoms. The minimum atomic E-state index is -0.0889. The van der Waals surface area contributed by atoms with Gasteiger partial charge in [0, 0.05) is 37.0 Å². The highest BCUT2D eigenvalue weighted by atomic mass is 16.1. The van der Waals surface area contributed by atoms with Crippen LogP contribution in [-0.4, -0.2) is 28.8 Å². The van der Waals surface area contributed by atoms with Gasteiger partial charge in [0.2, 0.25) is 0 Å². The maximum absolute atomic E-state index is 12.5. The van der Waals surface area contributed by atoms with E-state index >= 15 is 0 Å². The third-order valence-electron chi connectivity index (χ3n) is 4.80. The SMILES string of the molecule is CCc1nn(C)c(NC(=O)c2ccc(N3CCCCC3)cc2)c1C. The lowest BCUT2D eigenvalue weighted by molar-refractivity contribution is 0.102. The second-order valence-corrected chi connectivity index (χ2v) is 6.45. The fourth-order valence-corrected chi connectivity index (χ4v) is 3.35. The summed E-state index contributed by atoms with van der Waals surface area (Å²) in [5.74, 6) is 0.686. The van der Waals surface area contributed by atoms with Crippen molar-refractivity contribution in [3.05, 3.63) is 41.1 Å². The van der Waals surface area contributed by atoms with Gasteiger partial charge < -0.3 is 10.2 Å². The van der Waals surface area contributed by atoms with E-state index in [1.54, 1.807) is 4.68 Å². The molecule has 1 aromatic heterocycles. The van der Waals surface area contributed by atoms with Gasteiger partial charge in [-0.1, -0.05) is 6.92 Å². The number of rotatable bonds is 4. The summed E-state index contributed by atoms with van der Waals surface area (Å²) in [7, 11) is 1.86.